The van der Waals surface area contributed by atoms with Gasteiger partial charge in [-0.15, -0.1) is 0 Å². The first-order chi connectivity index (χ1) is 32.2. The molecule has 10 aromatic carbocycles. The van der Waals surface area contributed by atoms with Crippen LogP contribution in [0.15, 0.2) is 217 Å². The Kier molecular flexibility index (Phi) is 7.59. The van der Waals surface area contributed by atoms with Crippen molar-refractivity contribution in [3.63, 3.8) is 0 Å². The highest BCUT2D eigenvalue weighted by atomic mass is 16.3. The van der Waals surface area contributed by atoms with Crippen molar-refractivity contribution in [2.45, 2.75) is 0 Å². The summed E-state index contributed by atoms with van der Waals surface area (Å²) in [5, 5.41) is 11.1. The summed E-state index contributed by atoms with van der Waals surface area (Å²) in [6, 6.07) is 74.9. The lowest BCUT2D eigenvalue weighted by molar-refractivity contribution is 0.670. The zero-order valence-corrected chi connectivity index (χ0v) is 34.9. The van der Waals surface area contributed by atoms with Gasteiger partial charge in [-0.25, -0.2) is 15.0 Å². The minimum atomic E-state index is 0.603. The van der Waals surface area contributed by atoms with Gasteiger partial charge in [0, 0.05) is 60.1 Å². The maximum Gasteiger partial charge on any atom is 0.164 e. The first kappa shape index (κ1) is 35.7. The second-order valence-electron chi connectivity index (χ2n) is 16.8. The van der Waals surface area contributed by atoms with Gasteiger partial charge < -0.3 is 13.6 Å². The number of aromatic nitrogens is 5. The van der Waals surface area contributed by atoms with Gasteiger partial charge in [0.2, 0.25) is 0 Å². The fraction of sp³-hybridized carbons (Fsp3) is 0. The summed E-state index contributed by atoms with van der Waals surface area (Å²) in [5.74, 6) is 1.84. The molecule has 6 heteroatoms. The highest BCUT2D eigenvalue weighted by molar-refractivity contribution is 6.22. The normalized spacial score (nSPS) is 12.0. The number of hydrogen-bond acceptors (Lipinski definition) is 4. The van der Waals surface area contributed by atoms with Crippen LogP contribution >= 0.6 is 0 Å². The summed E-state index contributed by atoms with van der Waals surface area (Å²) in [6.45, 7) is 0. The van der Waals surface area contributed by atoms with Crippen LogP contribution in [0.25, 0.3) is 133 Å². The maximum absolute atomic E-state index is 7.19. The van der Waals surface area contributed by atoms with Crippen LogP contribution in [0.4, 0.5) is 0 Å². The maximum atomic E-state index is 7.19. The lowest BCUT2D eigenvalue weighted by Crippen LogP contribution is -2.00. The Morgan fingerprint density at radius 2 is 0.877 bits per heavy atom. The fourth-order valence-electron chi connectivity index (χ4n) is 10.2. The number of fused-ring (bicyclic) bond motifs is 12. The van der Waals surface area contributed by atoms with Crippen molar-refractivity contribution in [1.29, 1.82) is 0 Å². The second-order valence-corrected chi connectivity index (χ2v) is 16.8. The number of benzene rings is 10. The lowest BCUT2D eigenvalue weighted by Gasteiger charge is -2.11. The molecular formula is C59H35N5O. The fourth-order valence-corrected chi connectivity index (χ4v) is 10.2. The number of para-hydroxylation sites is 4. The quantitative estimate of drug-likeness (QED) is 0.173. The molecule has 65 heavy (non-hydrogen) atoms. The van der Waals surface area contributed by atoms with Gasteiger partial charge in [-0.3, -0.25) is 0 Å². The highest BCUT2D eigenvalue weighted by Crippen LogP contribution is 2.44. The van der Waals surface area contributed by atoms with Gasteiger partial charge in [-0.1, -0.05) is 158 Å². The second kappa shape index (κ2) is 13.8. The van der Waals surface area contributed by atoms with E-state index in [4.69, 9.17) is 19.4 Å². The largest absolute Gasteiger partial charge is 0.453 e. The molecule has 0 saturated carbocycles. The third kappa shape index (κ3) is 5.38. The summed E-state index contributed by atoms with van der Waals surface area (Å²) in [4.78, 5) is 15.6. The van der Waals surface area contributed by atoms with Crippen molar-refractivity contribution in [3.05, 3.63) is 212 Å². The van der Waals surface area contributed by atoms with Gasteiger partial charge in [0.15, 0.2) is 23.1 Å². The van der Waals surface area contributed by atoms with Crippen molar-refractivity contribution in [2.75, 3.05) is 0 Å². The van der Waals surface area contributed by atoms with Gasteiger partial charge in [0.05, 0.1) is 27.8 Å². The average Bonchev–Trinajstić information content (AvgIpc) is 4.03. The third-order valence-electron chi connectivity index (χ3n) is 13.1. The SMILES string of the molecule is c1ccc(-c2nc(-c3ccc4ccccc4c3)nc(-c3cc4c5cccc(-n6c7ccccc7c7cc8c9ccccc9n(-c9ccccc9)c8cc76)c5oc4c4ccccc34)n2)cc1. The standard InChI is InChI=1S/C59H35N5O/c1-3-17-37(18-4-1)57-60-58(39-31-30-36-16-7-8-19-38(36)32-39)62-59(61-57)49-34-48-45-26-15-29-52(56(45)65-55(48)44-25-10-9-22-41(44)49)64-51-28-14-12-24-43(51)47-33-46-42-23-11-13-27-50(42)63(53(46)35-54(47)64)40-20-5-2-6-21-40/h1-35H. The van der Waals surface area contributed by atoms with Crippen LogP contribution < -0.4 is 0 Å². The van der Waals surface area contributed by atoms with E-state index in [0.29, 0.717) is 17.5 Å². The topological polar surface area (TPSA) is 61.7 Å². The van der Waals surface area contributed by atoms with Crippen molar-refractivity contribution in [1.82, 2.24) is 24.1 Å². The summed E-state index contributed by atoms with van der Waals surface area (Å²) < 4.78 is 12.0. The van der Waals surface area contributed by atoms with Crippen LogP contribution in [0.2, 0.25) is 0 Å². The molecule has 0 radical (unpaired) electrons. The van der Waals surface area contributed by atoms with E-state index in [1.54, 1.807) is 0 Å². The van der Waals surface area contributed by atoms with Gasteiger partial charge in [0.1, 0.15) is 5.58 Å². The molecule has 0 aliphatic heterocycles. The molecule has 0 fully saturated rings. The summed E-state index contributed by atoms with van der Waals surface area (Å²) in [7, 11) is 0. The van der Waals surface area contributed by atoms with E-state index in [9.17, 15) is 0 Å². The molecule has 6 nitrogen and oxygen atoms in total. The van der Waals surface area contributed by atoms with Crippen molar-refractivity contribution in [3.8, 4) is 45.5 Å². The molecule has 4 aromatic heterocycles. The molecule has 0 aliphatic carbocycles. The lowest BCUT2D eigenvalue weighted by atomic mass is 9.99. The minimum absolute atomic E-state index is 0.603. The molecule has 0 spiro atoms. The van der Waals surface area contributed by atoms with E-state index in [0.717, 1.165) is 82.7 Å². The van der Waals surface area contributed by atoms with E-state index in [-0.39, 0.29) is 0 Å². The average molecular weight is 830 g/mol. The van der Waals surface area contributed by atoms with Gasteiger partial charge >= 0.3 is 0 Å². The molecule has 0 saturated heterocycles. The molecule has 0 amide bonds. The summed E-state index contributed by atoms with van der Waals surface area (Å²) in [5.41, 5.74) is 11.1. The molecule has 0 N–H and O–H groups in total. The molecule has 14 rings (SSSR count). The number of nitrogens with zero attached hydrogens (tertiary/aromatic N) is 5. The number of rotatable bonds is 5. The van der Waals surface area contributed by atoms with Crippen LogP contribution in [-0.4, -0.2) is 24.1 Å². The van der Waals surface area contributed by atoms with Crippen LogP contribution in [-0.2, 0) is 0 Å². The van der Waals surface area contributed by atoms with Gasteiger partial charge in [-0.05, 0) is 70.8 Å². The van der Waals surface area contributed by atoms with Crippen LogP contribution in [0.1, 0.15) is 0 Å². The Morgan fingerprint density at radius 1 is 0.308 bits per heavy atom. The van der Waals surface area contributed by atoms with E-state index < -0.39 is 0 Å². The van der Waals surface area contributed by atoms with Crippen LogP contribution in [0.3, 0.4) is 0 Å². The Labute approximate surface area is 371 Å². The molecule has 0 bridgehead atoms. The van der Waals surface area contributed by atoms with Crippen molar-refractivity contribution >= 4 is 87.1 Å². The summed E-state index contributed by atoms with van der Waals surface area (Å²) >= 11 is 0. The zero-order chi connectivity index (χ0) is 42.6. The van der Waals surface area contributed by atoms with Crippen molar-refractivity contribution < 1.29 is 4.42 Å². The Bertz CT molecular complexity index is 4240. The number of hydrogen-bond donors (Lipinski definition) is 0. The Balaban J connectivity index is 1.03. The molecule has 14 aromatic rings. The first-order valence-electron chi connectivity index (χ1n) is 21.9. The third-order valence-corrected chi connectivity index (χ3v) is 13.1. The minimum Gasteiger partial charge on any atom is -0.453 e. The number of furan rings is 1. The molecule has 302 valence electrons. The molecule has 0 unspecified atom stereocenters. The monoisotopic (exact) mass is 829 g/mol. The Hall–Kier alpha value is -8.87. The van der Waals surface area contributed by atoms with Crippen LogP contribution in [0.5, 0.6) is 0 Å². The zero-order valence-electron chi connectivity index (χ0n) is 34.9. The molecule has 4 heterocycles. The predicted octanol–water partition coefficient (Wildman–Crippen LogP) is 15.3. The molecule has 0 aliphatic rings. The molecular weight excluding hydrogens is 795 g/mol. The molecule has 0 atom stereocenters. The van der Waals surface area contributed by atoms with Crippen LogP contribution in [0, 0.1) is 0 Å². The highest BCUT2D eigenvalue weighted by Gasteiger charge is 2.23. The predicted molar refractivity (Wildman–Crippen MR) is 267 cm³/mol. The smallest absolute Gasteiger partial charge is 0.164 e. The van der Waals surface area contributed by atoms with Crippen molar-refractivity contribution in [2.24, 2.45) is 0 Å². The van der Waals surface area contributed by atoms with E-state index >= 15 is 0 Å². The van der Waals surface area contributed by atoms with E-state index in [2.05, 4.69) is 203 Å². The first-order valence-corrected chi connectivity index (χ1v) is 21.9. The van der Waals surface area contributed by atoms with E-state index in [1.165, 1.54) is 32.4 Å². The van der Waals surface area contributed by atoms with Gasteiger partial charge in [-0.2, -0.15) is 0 Å². The summed E-state index contributed by atoms with van der Waals surface area (Å²) in [6.07, 6.45) is 0. The van der Waals surface area contributed by atoms with Gasteiger partial charge in [0.25, 0.3) is 0 Å². The van der Waals surface area contributed by atoms with E-state index in [1.807, 2.05) is 18.2 Å². The Morgan fingerprint density at radius 3 is 1.65 bits per heavy atom.